The van der Waals surface area contributed by atoms with E-state index in [-0.39, 0.29) is 0 Å². The topological polar surface area (TPSA) is 127 Å². The minimum Gasteiger partial charge on any atom is -0.508 e. The van der Waals surface area contributed by atoms with Gasteiger partial charge in [0, 0.05) is 0 Å². The van der Waals surface area contributed by atoms with Crippen LogP contribution < -0.4 is 5.32 Å². The van der Waals surface area contributed by atoms with Gasteiger partial charge >= 0.3 is 88.9 Å². The zero-order valence-corrected chi connectivity index (χ0v) is 15.9. The van der Waals surface area contributed by atoms with Crippen molar-refractivity contribution in [1.29, 1.82) is 0 Å². The first kappa shape index (κ1) is 20.0. The van der Waals surface area contributed by atoms with Gasteiger partial charge in [-0.05, 0) is 22.9 Å². The Kier molecular flexibility index (Phi) is 6.10. The molecular formula is C18H20AsNO6. The fourth-order valence-corrected chi connectivity index (χ4v) is 4.66. The van der Waals surface area contributed by atoms with E-state index in [9.17, 15) is 21.8 Å². The number of hydrogen-bond acceptors (Lipinski definition) is 4. The maximum Gasteiger partial charge on any atom is 0.116 e. The molecule has 26 heavy (non-hydrogen) atoms. The van der Waals surface area contributed by atoms with Gasteiger partial charge in [-0.1, -0.05) is 30.3 Å². The number of aromatic hydroxyl groups is 1. The molecule has 5 N–H and O–H groups in total. The summed E-state index contributed by atoms with van der Waals surface area (Å²) in [6, 6.07) is 13.3. The zero-order chi connectivity index (χ0) is 19.4. The van der Waals surface area contributed by atoms with Gasteiger partial charge in [-0.3, -0.25) is 0 Å². The molecule has 0 saturated carbocycles. The predicted molar refractivity (Wildman–Crippen MR) is 97.3 cm³/mol. The van der Waals surface area contributed by atoms with Crippen molar-refractivity contribution in [3.8, 4) is 5.75 Å². The molecule has 0 radical (unpaired) electrons. The van der Waals surface area contributed by atoms with Crippen molar-refractivity contribution in [1.82, 2.24) is 5.32 Å². The number of rotatable bonds is 2. The van der Waals surface area contributed by atoms with E-state index in [2.05, 4.69) is 5.32 Å². The van der Waals surface area contributed by atoms with E-state index in [1.165, 1.54) is 18.2 Å². The molecule has 0 bridgehead atoms. The van der Waals surface area contributed by atoms with Gasteiger partial charge in [0.05, 0.1) is 0 Å². The second-order valence-electron chi connectivity index (χ2n) is 5.77. The monoisotopic (exact) mass is 421 g/mol. The Balaban J connectivity index is 0.000000195. The third kappa shape index (κ3) is 4.45. The third-order valence-electron chi connectivity index (χ3n) is 3.80. The fourth-order valence-electron chi connectivity index (χ4n) is 2.53. The number of aliphatic hydroxyl groups excluding tert-OH is 1. The Morgan fingerprint density at radius 1 is 1.12 bits per heavy atom. The summed E-state index contributed by atoms with van der Waals surface area (Å²) < 4.78 is 27.8. The number of hydrogen-bond donors (Lipinski definition) is 5. The van der Waals surface area contributed by atoms with Crippen molar-refractivity contribution in [2.45, 2.75) is 17.4 Å². The number of carbonyl (C=O) groups is 1. The molecule has 1 amide bonds. The molecule has 0 aromatic heterocycles. The smallest absolute Gasteiger partial charge is 0.116 e. The van der Waals surface area contributed by atoms with Crippen LogP contribution in [0.4, 0.5) is 0 Å². The number of fused-ring (bicyclic) bond motifs is 1. The van der Waals surface area contributed by atoms with E-state index in [0.29, 0.717) is 5.75 Å². The molecule has 0 aliphatic heterocycles. The van der Waals surface area contributed by atoms with E-state index >= 15 is 0 Å². The molecule has 7 nitrogen and oxygen atoms in total. The molecule has 8 heteroatoms. The Hall–Kier alpha value is -2.31. The number of allylic oxidation sites excluding steroid dienone is 2. The molecule has 2 aromatic carbocycles. The maximum atomic E-state index is 11.3. The molecule has 0 spiro atoms. The first-order valence-corrected chi connectivity index (χ1v) is 11.1. The molecule has 0 saturated heterocycles. The molecule has 1 aliphatic carbocycles. The van der Waals surface area contributed by atoms with Crippen LogP contribution in [0.2, 0.25) is 0 Å². The van der Waals surface area contributed by atoms with Gasteiger partial charge in [-0.25, -0.2) is 0 Å². The number of carbonyl (C=O) groups excluding carboxylic acids is 1. The summed E-state index contributed by atoms with van der Waals surface area (Å²) in [5.41, 5.74) is 0. The van der Waals surface area contributed by atoms with E-state index in [1.54, 1.807) is 12.1 Å². The molecule has 2 atom stereocenters. The summed E-state index contributed by atoms with van der Waals surface area (Å²) in [7, 11) is 0. The van der Waals surface area contributed by atoms with E-state index in [4.69, 9.17) is 5.11 Å². The Morgan fingerprint density at radius 2 is 1.77 bits per heavy atom. The number of amides is 1. The van der Waals surface area contributed by atoms with Crippen molar-refractivity contribution in [3.05, 3.63) is 66.8 Å². The molecule has 2 unspecified atom stereocenters. The van der Waals surface area contributed by atoms with Crippen LogP contribution in [0.15, 0.2) is 66.8 Å². The minimum absolute atomic E-state index is 0.323. The number of phenols is 1. The normalized spacial score (nSPS) is 21.8. The number of benzene rings is 2. The van der Waals surface area contributed by atoms with Gasteiger partial charge in [0.25, 0.3) is 0 Å². The van der Waals surface area contributed by atoms with E-state index in [1.807, 2.05) is 30.3 Å². The molecule has 0 fully saturated rings. The molecule has 3 rings (SSSR count). The summed E-state index contributed by atoms with van der Waals surface area (Å²) >= 11 is -5.36. The second-order valence-corrected chi connectivity index (χ2v) is 9.61. The van der Waals surface area contributed by atoms with E-state index < -0.39 is 30.5 Å². The van der Waals surface area contributed by atoms with Crippen molar-refractivity contribution in [2.24, 2.45) is 0 Å². The van der Waals surface area contributed by atoms with Crippen LogP contribution in [-0.2, 0) is 8.53 Å². The number of nitrogens with one attached hydrogen (secondary N) is 1. The second kappa shape index (κ2) is 7.93. The van der Waals surface area contributed by atoms with Crippen molar-refractivity contribution < 1.29 is 26.9 Å². The first-order chi connectivity index (χ1) is 12.2. The summed E-state index contributed by atoms with van der Waals surface area (Å²) in [6.07, 6.45) is 3.75. The molecule has 2 aromatic rings. The number of aliphatic hydroxyl groups is 1. The van der Waals surface area contributed by atoms with Gasteiger partial charge in [0.15, 0.2) is 0 Å². The predicted octanol–water partition coefficient (Wildman–Crippen LogP) is 0.787. The molecule has 138 valence electrons. The van der Waals surface area contributed by atoms with Crippen LogP contribution in [0.3, 0.4) is 0 Å². The molecule has 0 heterocycles. The standard InChI is InChI=1S/C10H8O.C8H12AsNO5/c11-10-6-5-8-3-1-2-4-9(8)7-10;1-6(11)10-8(9(13,14)15)5-3-2-4-7(8)12/h1-7,11H;2-5,7,12H,1H3,(H,10,11)(H2,13,14,15). The first-order valence-electron chi connectivity index (χ1n) is 7.72. The average Bonchev–Trinajstić information content (AvgIpc) is 2.56. The minimum atomic E-state index is -5.36. The van der Waals surface area contributed by atoms with Crippen LogP contribution in [0, 0.1) is 0 Å². The zero-order valence-electron chi connectivity index (χ0n) is 14.0. The largest absolute Gasteiger partial charge is 0.508 e. The Labute approximate surface area is 153 Å². The third-order valence-corrected chi connectivity index (χ3v) is 6.92. The maximum absolute atomic E-state index is 11.3. The van der Waals surface area contributed by atoms with Gasteiger partial charge in [-0.2, -0.15) is 0 Å². The van der Waals surface area contributed by atoms with Gasteiger partial charge in [-0.15, -0.1) is 0 Å². The summed E-state index contributed by atoms with van der Waals surface area (Å²) in [5.74, 6) is -0.289. The Bertz CT molecular complexity index is 903. The van der Waals surface area contributed by atoms with E-state index in [0.717, 1.165) is 23.8 Å². The average molecular weight is 421 g/mol. The van der Waals surface area contributed by atoms with Crippen molar-refractivity contribution in [3.63, 3.8) is 0 Å². The van der Waals surface area contributed by atoms with Crippen LogP contribution in [0.1, 0.15) is 6.92 Å². The Morgan fingerprint density at radius 3 is 2.35 bits per heavy atom. The van der Waals surface area contributed by atoms with Gasteiger partial charge in [0.1, 0.15) is 5.75 Å². The quantitative estimate of drug-likeness (QED) is 0.457. The number of phenolic OH excluding ortho intramolecular Hbond substituents is 1. The summed E-state index contributed by atoms with van der Waals surface area (Å²) in [5, 5.41) is 23.1. The van der Waals surface area contributed by atoms with Gasteiger partial charge < -0.3 is 5.11 Å². The van der Waals surface area contributed by atoms with Crippen molar-refractivity contribution in [2.75, 3.05) is 0 Å². The fraction of sp³-hybridized carbons (Fsp3) is 0.167. The molecule has 1 aliphatic rings. The van der Waals surface area contributed by atoms with Crippen LogP contribution in [0.25, 0.3) is 10.8 Å². The molecular weight excluding hydrogens is 401 g/mol. The van der Waals surface area contributed by atoms with Gasteiger partial charge in [0.2, 0.25) is 0 Å². The van der Waals surface area contributed by atoms with Crippen molar-refractivity contribution >= 4 is 30.9 Å². The van der Waals surface area contributed by atoms with Crippen LogP contribution in [0.5, 0.6) is 5.75 Å². The summed E-state index contributed by atoms with van der Waals surface area (Å²) in [6.45, 7) is 1.13. The summed E-state index contributed by atoms with van der Waals surface area (Å²) in [4.78, 5) is 10.9. The van der Waals surface area contributed by atoms with Crippen LogP contribution in [-0.4, -0.2) is 48.9 Å². The SMILES string of the molecule is CC(=O)NC1([As](=O)(O)O)C=CC=CC1O.Oc1ccc2ccccc2c1. The van der Waals surface area contributed by atoms with Crippen LogP contribution >= 0.6 is 0 Å².